The van der Waals surface area contributed by atoms with Crippen molar-refractivity contribution in [1.29, 1.82) is 0 Å². The minimum atomic E-state index is 0. The largest absolute Gasteiger partial charge is 0.379 e. The highest BCUT2D eigenvalue weighted by Crippen LogP contribution is 2.12. The fourth-order valence-corrected chi connectivity index (χ4v) is 3.44. The van der Waals surface area contributed by atoms with Gasteiger partial charge in [0.1, 0.15) is 12.4 Å². The topological polar surface area (TPSA) is 66.7 Å². The fourth-order valence-electron chi connectivity index (χ4n) is 3.44. The highest BCUT2D eigenvalue weighted by Gasteiger charge is 2.23. The Bertz CT molecular complexity index is 569. The summed E-state index contributed by atoms with van der Waals surface area (Å²) in [4.78, 5) is 11.8. The predicted molar refractivity (Wildman–Crippen MR) is 126 cm³/mol. The molecule has 7 nitrogen and oxygen atoms in total. The maximum absolute atomic E-state index is 5.50. The number of halogens is 1. The van der Waals surface area contributed by atoms with Crippen LogP contribution in [0, 0.1) is 11.8 Å². The van der Waals surface area contributed by atoms with Crippen LogP contribution in [0.5, 0.6) is 0 Å². The summed E-state index contributed by atoms with van der Waals surface area (Å²) in [6.45, 7) is 18.1. The zero-order valence-electron chi connectivity index (χ0n) is 18.1. The van der Waals surface area contributed by atoms with Gasteiger partial charge < -0.3 is 19.9 Å². The first-order valence-corrected chi connectivity index (χ1v) is 10.3. The molecule has 0 radical (unpaired) electrons. The van der Waals surface area contributed by atoms with Gasteiger partial charge in [-0.25, -0.2) is 9.98 Å². The van der Waals surface area contributed by atoms with Crippen LogP contribution in [0.2, 0.25) is 0 Å². The van der Waals surface area contributed by atoms with Crippen LogP contribution in [-0.4, -0.2) is 65.8 Å². The molecular formula is C20H39IN6O. The number of morpholine rings is 1. The Labute approximate surface area is 187 Å². The summed E-state index contributed by atoms with van der Waals surface area (Å²) in [7, 11) is 0. The monoisotopic (exact) mass is 506 g/mol. The van der Waals surface area contributed by atoms with Gasteiger partial charge in [-0.2, -0.15) is 0 Å². The minimum Gasteiger partial charge on any atom is -0.379 e. The number of imidazole rings is 1. The van der Waals surface area contributed by atoms with Crippen LogP contribution in [0.3, 0.4) is 0 Å². The maximum atomic E-state index is 5.50. The third-order valence-corrected chi connectivity index (χ3v) is 4.85. The van der Waals surface area contributed by atoms with Crippen molar-refractivity contribution in [3.8, 4) is 0 Å². The molecule has 2 N–H and O–H groups in total. The van der Waals surface area contributed by atoms with Crippen LogP contribution in [0.1, 0.15) is 40.4 Å². The number of ether oxygens (including phenoxy) is 1. The number of nitrogens with zero attached hydrogens (tertiary/aromatic N) is 4. The highest BCUT2D eigenvalue weighted by molar-refractivity contribution is 14.0. The number of rotatable bonds is 9. The molecule has 0 bridgehead atoms. The van der Waals surface area contributed by atoms with Crippen LogP contribution >= 0.6 is 24.0 Å². The Kier molecular flexibility index (Phi) is 12.0. The lowest BCUT2D eigenvalue weighted by Gasteiger charge is -2.37. The van der Waals surface area contributed by atoms with Gasteiger partial charge in [-0.05, 0) is 18.8 Å². The third kappa shape index (κ3) is 8.24. The van der Waals surface area contributed by atoms with Gasteiger partial charge in [-0.3, -0.25) is 4.90 Å². The van der Waals surface area contributed by atoms with Gasteiger partial charge in [-0.15, -0.1) is 24.0 Å². The first kappa shape index (κ1) is 25.2. The van der Waals surface area contributed by atoms with E-state index >= 15 is 0 Å². The molecule has 1 aliphatic heterocycles. The Morgan fingerprint density at radius 2 is 1.93 bits per heavy atom. The van der Waals surface area contributed by atoms with Gasteiger partial charge in [0.15, 0.2) is 5.96 Å². The fraction of sp³-hybridized carbons (Fsp3) is 0.800. The Morgan fingerprint density at radius 3 is 2.54 bits per heavy atom. The summed E-state index contributed by atoms with van der Waals surface area (Å²) >= 11 is 0. The summed E-state index contributed by atoms with van der Waals surface area (Å²) in [5, 5.41) is 6.90. The normalized spacial score (nSPS) is 16.9. The smallest absolute Gasteiger partial charge is 0.191 e. The van der Waals surface area contributed by atoms with Gasteiger partial charge in [0.2, 0.25) is 0 Å². The zero-order chi connectivity index (χ0) is 19.6. The van der Waals surface area contributed by atoms with E-state index < -0.39 is 0 Å². The molecule has 1 saturated heterocycles. The average molecular weight is 506 g/mol. The van der Waals surface area contributed by atoms with E-state index in [1.54, 1.807) is 0 Å². The van der Waals surface area contributed by atoms with E-state index in [-0.39, 0.29) is 24.0 Å². The second-order valence-electron chi connectivity index (χ2n) is 7.93. The second kappa shape index (κ2) is 13.4. The standard InChI is InChI=1S/C20H38N6O.HI/c1-6-21-20(24-14-19-22-7-8-26(19)15-16(2)3)23-13-18(17(4)5)25-9-11-27-12-10-25;/h7-8,16-18H,6,9-15H2,1-5H3,(H2,21,23,24);1H. The molecule has 2 rings (SSSR count). The van der Waals surface area contributed by atoms with Crippen molar-refractivity contribution in [2.75, 3.05) is 39.4 Å². The van der Waals surface area contributed by atoms with E-state index in [9.17, 15) is 0 Å². The van der Waals surface area contributed by atoms with Crippen molar-refractivity contribution >= 4 is 29.9 Å². The Morgan fingerprint density at radius 1 is 1.21 bits per heavy atom. The van der Waals surface area contributed by atoms with Crippen molar-refractivity contribution in [3.05, 3.63) is 18.2 Å². The lowest BCUT2D eigenvalue weighted by Crippen LogP contribution is -2.52. The van der Waals surface area contributed by atoms with E-state index in [2.05, 4.69) is 59.7 Å². The van der Waals surface area contributed by atoms with Gasteiger partial charge in [0.25, 0.3) is 0 Å². The van der Waals surface area contributed by atoms with Crippen LogP contribution in [0.25, 0.3) is 0 Å². The van der Waals surface area contributed by atoms with E-state index in [0.717, 1.165) is 57.7 Å². The SMILES string of the molecule is CCNC(=NCc1nccn1CC(C)C)NCC(C(C)C)N1CCOCC1.I. The number of guanidine groups is 1. The first-order chi connectivity index (χ1) is 13.0. The molecule has 2 heterocycles. The molecule has 0 aliphatic carbocycles. The molecule has 0 saturated carbocycles. The maximum Gasteiger partial charge on any atom is 0.191 e. The van der Waals surface area contributed by atoms with Gasteiger partial charge >= 0.3 is 0 Å². The summed E-state index contributed by atoms with van der Waals surface area (Å²) in [5.74, 6) is 3.03. The molecule has 162 valence electrons. The van der Waals surface area contributed by atoms with E-state index in [4.69, 9.17) is 9.73 Å². The number of hydrogen-bond acceptors (Lipinski definition) is 4. The van der Waals surface area contributed by atoms with Crippen molar-refractivity contribution in [2.24, 2.45) is 16.8 Å². The summed E-state index contributed by atoms with van der Waals surface area (Å²) in [6, 6.07) is 0.473. The van der Waals surface area contributed by atoms with E-state index in [0.29, 0.717) is 24.4 Å². The lowest BCUT2D eigenvalue weighted by molar-refractivity contribution is 0.00752. The summed E-state index contributed by atoms with van der Waals surface area (Å²) in [6.07, 6.45) is 3.90. The third-order valence-electron chi connectivity index (χ3n) is 4.85. The van der Waals surface area contributed by atoms with E-state index in [1.807, 2.05) is 12.4 Å². The zero-order valence-corrected chi connectivity index (χ0v) is 20.5. The molecule has 1 aromatic heterocycles. The Balaban J connectivity index is 0.00000392. The van der Waals surface area contributed by atoms with Crippen LogP contribution in [0.4, 0.5) is 0 Å². The van der Waals surface area contributed by atoms with Crippen LogP contribution < -0.4 is 10.6 Å². The molecule has 1 aromatic rings. The number of nitrogens with one attached hydrogen (secondary N) is 2. The number of aromatic nitrogens is 2. The molecule has 1 unspecified atom stereocenters. The average Bonchev–Trinajstić information content (AvgIpc) is 3.06. The lowest BCUT2D eigenvalue weighted by atomic mass is 10.0. The predicted octanol–water partition coefficient (Wildman–Crippen LogP) is 2.57. The quantitative estimate of drug-likeness (QED) is 0.306. The van der Waals surface area contributed by atoms with Crippen molar-refractivity contribution < 1.29 is 4.74 Å². The molecule has 0 aromatic carbocycles. The molecular weight excluding hydrogens is 467 g/mol. The Hall–Kier alpha value is -0.870. The van der Waals surface area contributed by atoms with Crippen molar-refractivity contribution in [1.82, 2.24) is 25.1 Å². The first-order valence-electron chi connectivity index (χ1n) is 10.3. The molecule has 0 spiro atoms. The molecule has 28 heavy (non-hydrogen) atoms. The number of hydrogen-bond donors (Lipinski definition) is 2. The van der Waals surface area contributed by atoms with Gasteiger partial charge in [0.05, 0.1) is 13.2 Å². The minimum absolute atomic E-state index is 0. The van der Waals surface area contributed by atoms with Gasteiger partial charge in [-0.1, -0.05) is 27.7 Å². The molecule has 8 heteroatoms. The van der Waals surface area contributed by atoms with Crippen LogP contribution in [0.15, 0.2) is 17.4 Å². The van der Waals surface area contributed by atoms with Crippen molar-refractivity contribution in [3.63, 3.8) is 0 Å². The molecule has 0 amide bonds. The number of aliphatic imine (C=N–C) groups is 1. The second-order valence-corrected chi connectivity index (χ2v) is 7.93. The summed E-state index contributed by atoms with van der Waals surface area (Å²) in [5.41, 5.74) is 0. The molecule has 1 aliphatic rings. The van der Waals surface area contributed by atoms with Gasteiger partial charge in [0, 0.05) is 51.2 Å². The van der Waals surface area contributed by atoms with E-state index in [1.165, 1.54) is 0 Å². The molecule has 1 atom stereocenters. The van der Waals surface area contributed by atoms with Crippen LogP contribution in [-0.2, 0) is 17.8 Å². The molecule has 1 fully saturated rings. The summed E-state index contributed by atoms with van der Waals surface area (Å²) < 4.78 is 7.70. The van der Waals surface area contributed by atoms with Crippen molar-refractivity contribution in [2.45, 2.75) is 53.8 Å². The highest BCUT2D eigenvalue weighted by atomic mass is 127.